The highest BCUT2D eigenvalue weighted by atomic mass is 19.4. The van der Waals surface area contributed by atoms with Crippen molar-refractivity contribution in [2.45, 2.75) is 70.8 Å². The maximum absolute atomic E-state index is 13.0. The van der Waals surface area contributed by atoms with Crippen LogP contribution < -0.4 is 10.6 Å². The van der Waals surface area contributed by atoms with Gasteiger partial charge in [0.15, 0.2) is 5.82 Å². The number of nitrogens with zero attached hydrogens (tertiary/aromatic N) is 3. The predicted molar refractivity (Wildman–Crippen MR) is 90.2 cm³/mol. The molecule has 1 aliphatic rings. The summed E-state index contributed by atoms with van der Waals surface area (Å²) in [6.45, 7) is 5.22. The van der Waals surface area contributed by atoms with Crippen LogP contribution in [0, 0.1) is 0 Å². The van der Waals surface area contributed by atoms with Crippen molar-refractivity contribution < 1.29 is 18.3 Å². The molecule has 0 saturated carbocycles. The predicted octanol–water partition coefficient (Wildman–Crippen LogP) is 3.37. The number of anilines is 2. The van der Waals surface area contributed by atoms with E-state index in [-0.39, 0.29) is 24.4 Å². The third kappa shape index (κ3) is 5.55. The minimum Gasteiger partial charge on any atom is -0.393 e. The van der Waals surface area contributed by atoms with Crippen molar-refractivity contribution in [1.29, 1.82) is 0 Å². The van der Waals surface area contributed by atoms with Crippen LogP contribution in [0.4, 0.5) is 25.1 Å². The van der Waals surface area contributed by atoms with Gasteiger partial charge in [0.25, 0.3) is 0 Å². The fraction of sp³-hybridized carbons (Fsp3) is 0.688. The van der Waals surface area contributed by atoms with Crippen molar-refractivity contribution >= 4 is 17.5 Å². The Kier molecular flexibility index (Phi) is 6.21. The van der Waals surface area contributed by atoms with Crippen LogP contribution in [0.2, 0.25) is 0 Å². The molecule has 0 amide bonds. The Bertz CT molecular complexity index is 618. The number of hydrogen-bond donors (Lipinski definition) is 3. The van der Waals surface area contributed by atoms with Crippen LogP contribution in [0.1, 0.15) is 52.3 Å². The van der Waals surface area contributed by atoms with Gasteiger partial charge in [-0.15, -0.1) is 0 Å². The Morgan fingerprint density at radius 2 is 1.84 bits per heavy atom. The monoisotopic (exact) mass is 359 g/mol. The van der Waals surface area contributed by atoms with Gasteiger partial charge < -0.3 is 15.7 Å². The topological polar surface area (TPSA) is 83.0 Å². The van der Waals surface area contributed by atoms with E-state index in [4.69, 9.17) is 0 Å². The Morgan fingerprint density at radius 1 is 1.20 bits per heavy atom. The van der Waals surface area contributed by atoms with E-state index in [0.717, 1.165) is 5.57 Å². The van der Waals surface area contributed by atoms with Gasteiger partial charge in [-0.3, -0.25) is 0 Å². The maximum atomic E-state index is 13.0. The van der Waals surface area contributed by atoms with Gasteiger partial charge in [0, 0.05) is 6.04 Å². The van der Waals surface area contributed by atoms with E-state index in [2.05, 4.69) is 25.6 Å². The van der Waals surface area contributed by atoms with Crippen molar-refractivity contribution in [2.24, 2.45) is 0 Å². The molecular weight excluding hydrogens is 335 g/mol. The second-order valence-corrected chi connectivity index (χ2v) is 6.41. The maximum Gasteiger partial charge on any atom is 0.408 e. The Balaban J connectivity index is 2.33. The normalized spacial score (nSPS) is 19.5. The van der Waals surface area contributed by atoms with Crippen LogP contribution in [0.25, 0.3) is 5.57 Å². The summed E-state index contributed by atoms with van der Waals surface area (Å²) in [5.41, 5.74) is 0.808. The Morgan fingerprint density at radius 3 is 2.32 bits per heavy atom. The molecule has 1 aromatic heterocycles. The molecule has 1 unspecified atom stereocenters. The lowest BCUT2D eigenvalue weighted by Crippen LogP contribution is -2.36. The second-order valence-electron chi connectivity index (χ2n) is 6.41. The first kappa shape index (κ1) is 19.4. The number of aliphatic hydroxyl groups is 1. The van der Waals surface area contributed by atoms with Crippen LogP contribution in [0.5, 0.6) is 0 Å². The molecule has 3 N–H and O–H groups in total. The van der Waals surface area contributed by atoms with Crippen molar-refractivity contribution in [2.75, 3.05) is 10.6 Å². The average molecular weight is 359 g/mol. The molecule has 25 heavy (non-hydrogen) atoms. The number of allylic oxidation sites excluding steroid dienone is 1. The molecule has 0 aliphatic heterocycles. The molecule has 140 valence electrons. The van der Waals surface area contributed by atoms with Gasteiger partial charge in [-0.05, 0) is 45.1 Å². The van der Waals surface area contributed by atoms with Crippen LogP contribution in [-0.2, 0) is 0 Å². The van der Waals surface area contributed by atoms with E-state index in [1.165, 1.54) is 6.92 Å². The Labute approximate surface area is 145 Å². The van der Waals surface area contributed by atoms with Crippen molar-refractivity contribution in [3.05, 3.63) is 11.9 Å². The highest BCUT2D eigenvalue weighted by Gasteiger charge is 2.38. The Hall–Kier alpha value is -1.90. The molecule has 0 fully saturated rings. The van der Waals surface area contributed by atoms with E-state index in [1.54, 1.807) is 0 Å². The standard InChI is InChI=1S/C16H24F3N5O/c1-4-12(16(17,18)19)21-15-23-13(10-5-7-11(25)8-6-10)22-14(24-15)20-9(2)3/h5,9,11-12,25H,4,6-8H2,1-3H3,(H2,20,21,22,23,24)/t11?,12-/m1/s1. The van der Waals surface area contributed by atoms with Gasteiger partial charge in [-0.25, -0.2) is 0 Å². The van der Waals surface area contributed by atoms with Crippen LogP contribution in [0.15, 0.2) is 6.08 Å². The van der Waals surface area contributed by atoms with E-state index in [0.29, 0.717) is 25.1 Å². The number of aliphatic hydroxyl groups excluding tert-OH is 1. The fourth-order valence-electron chi connectivity index (χ4n) is 2.50. The largest absolute Gasteiger partial charge is 0.408 e. The molecule has 2 rings (SSSR count). The SMILES string of the molecule is CC[C@@H](Nc1nc(NC(C)C)nc(C2=CCC(O)CC2)n1)C(F)(F)F. The first-order valence-electron chi connectivity index (χ1n) is 8.42. The molecule has 9 heteroatoms. The van der Waals surface area contributed by atoms with Crippen molar-refractivity contribution in [1.82, 2.24) is 15.0 Å². The molecule has 1 heterocycles. The van der Waals surface area contributed by atoms with Crippen LogP contribution in [0.3, 0.4) is 0 Å². The minimum atomic E-state index is -4.39. The number of hydrogen-bond acceptors (Lipinski definition) is 6. The quantitative estimate of drug-likeness (QED) is 0.722. The van der Waals surface area contributed by atoms with Crippen molar-refractivity contribution in [3.63, 3.8) is 0 Å². The summed E-state index contributed by atoms with van der Waals surface area (Å²) >= 11 is 0. The van der Waals surface area contributed by atoms with Gasteiger partial charge in [-0.1, -0.05) is 13.0 Å². The van der Waals surface area contributed by atoms with Crippen LogP contribution >= 0.6 is 0 Å². The fourth-order valence-corrected chi connectivity index (χ4v) is 2.50. The van der Waals surface area contributed by atoms with Gasteiger partial charge in [0.2, 0.25) is 11.9 Å². The number of aromatic nitrogens is 3. The second kappa shape index (κ2) is 7.99. The molecule has 1 aromatic rings. The van der Waals surface area contributed by atoms with Gasteiger partial charge in [0.1, 0.15) is 6.04 Å². The summed E-state index contributed by atoms with van der Waals surface area (Å²) in [6, 6.07) is -1.70. The molecule has 0 spiro atoms. The summed E-state index contributed by atoms with van der Waals surface area (Å²) in [6.07, 6.45) is -1.46. The number of halogens is 3. The zero-order valence-corrected chi connectivity index (χ0v) is 14.6. The number of alkyl halides is 3. The lowest BCUT2D eigenvalue weighted by atomic mass is 9.97. The van der Waals surface area contributed by atoms with Gasteiger partial charge >= 0.3 is 6.18 Å². The van der Waals surface area contributed by atoms with Gasteiger partial charge in [-0.2, -0.15) is 28.1 Å². The number of nitrogens with one attached hydrogen (secondary N) is 2. The molecule has 0 saturated heterocycles. The minimum absolute atomic E-state index is 0.0230. The van der Waals surface area contributed by atoms with Gasteiger partial charge in [0.05, 0.1) is 6.10 Å². The molecule has 6 nitrogen and oxygen atoms in total. The van der Waals surface area contributed by atoms with E-state index < -0.39 is 18.3 Å². The van der Waals surface area contributed by atoms with E-state index >= 15 is 0 Å². The third-order valence-corrected chi connectivity index (χ3v) is 3.83. The third-order valence-electron chi connectivity index (χ3n) is 3.83. The number of rotatable bonds is 6. The smallest absolute Gasteiger partial charge is 0.393 e. The highest BCUT2D eigenvalue weighted by Crippen LogP contribution is 2.28. The summed E-state index contributed by atoms with van der Waals surface area (Å²) < 4.78 is 39.1. The van der Waals surface area contributed by atoms with E-state index in [9.17, 15) is 18.3 Å². The molecule has 0 bridgehead atoms. The molecule has 0 radical (unpaired) electrons. The zero-order valence-electron chi connectivity index (χ0n) is 14.6. The van der Waals surface area contributed by atoms with Crippen LogP contribution in [-0.4, -0.2) is 44.4 Å². The highest BCUT2D eigenvalue weighted by molar-refractivity contribution is 5.62. The molecule has 1 aliphatic carbocycles. The molecule has 2 atom stereocenters. The summed E-state index contributed by atoms with van der Waals surface area (Å²) in [4.78, 5) is 12.5. The zero-order chi connectivity index (χ0) is 18.6. The summed E-state index contributed by atoms with van der Waals surface area (Å²) in [5.74, 6) is 0.459. The lowest BCUT2D eigenvalue weighted by molar-refractivity contribution is -0.143. The first-order chi connectivity index (χ1) is 11.7. The molecule has 0 aromatic carbocycles. The van der Waals surface area contributed by atoms with Crippen molar-refractivity contribution in [3.8, 4) is 0 Å². The molecular formula is C16H24F3N5O. The summed E-state index contributed by atoms with van der Waals surface area (Å²) in [7, 11) is 0. The average Bonchev–Trinajstić information content (AvgIpc) is 2.51. The summed E-state index contributed by atoms with van der Waals surface area (Å²) in [5, 5.41) is 15.0. The first-order valence-corrected chi connectivity index (χ1v) is 8.42. The lowest BCUT2D eigenvalue weighted by Gasteiger charge is -2.21. The van der Waals surface area contributed by atoms with E-state index in [1.807, 2.05) is 19.9 Å².